The molecular formula is C13H16Cl2O2. The summed E-state index contributed by atoms with van der Waals surface area (Å²) in [5.41, 5.74) is 0.328. The van der Waals surface area contributed by atoms with Crippen LogP contribution in [0.2, 0.25) is 10.0 Å². The van der Waals surface area contributed by atoms with Crippen LogP contribution >= 0.6 is 23.2 Å². The highest BCUT2D eigenvalue weighted by Gasteiger charge is 2.11. The van der Waals surface area contributed by atoms with Crippen molar-refractivity contribution in [1.82, 2.24) is 0 Å². The fraction of sp³-hybridized carbons (Fsp3) is 0.462. The molecule has 0 fully saturated rings. The summed E-state index contributed by atoms with van der Waals surface area (Å²) >= 11 is 11.7. The van der Waals surface area contributed by atoms with Crippen LogP contribution < -0.4 is 0 Å². The molecule has 0 bridgehead atoms. The molecule has 0 radical (unpaired) electrons. The number of carbonyl (C=O) groups is 1. The minimum absolute atomic E-state index is 0.328. The summed E-state index contributed by atoms with van der Waals surface area (Å²) in [4.78, 5) is 11.7. The van der Waals surface area contributed by atoms with Gasteiger partial charge >= 0.3 is 5.97 Å². The van der Waals surface area contributed by atoms with Crippen molar-refractivity contribution in [2.75, 3.05) is 6.61 Å². The fourth-order valence-electron chi connectivity index (χ4n) is 1.43. The van der Waals surface area contributed by atoms with E-state index >= 15 is 0 Å². The lowest BCUT2D eigenvalue weighted by Crippen LogP contribution is -2.07. The molecule has 0 aromatic heterocycles. The summed E-state index contributed by atoms with van der Waals surface area (Å²) in [6.45, 7) is 2.57. The standard InChI is InChI=1S/C13H16Cl2O2/c1-2-3-4-5-8-17-13(16)11-9-10(14)6-7-12(11)15/h6-7,9H,2-5,8H2,1H3. The van der Waals surface area contributed by atoms with Gasteiger partial charge in [-0.3, -0.25) is 0 Å². The van der Waals surface area contributed by atoms with Crippen LogP contribution in [0, 0.1) is 0 Å². The summed E-state index contributed by atoms with van der Waals surface area (Å²) in [6.07, 6.45) is 4.29. The Hall–Kier alpha value is -0.730. The summed E-state index contributed by atoms with van der Waals surface area (Å²) < 4.78 is 5.13. The minimum Gasteiger partial charge on any atom is -0.462 e. The topological polar surface area (TPSA) is 26.3 Å². The highest BCUT2D eigenvalue weighted by Crippen LogP contribution is 2.21. The molecule has 4 heteroatoms. The summed E-state index contributed by atoms with van der Waals surface area (Å²) in [5, 5.41) is 0.847. The van der Waals surface area contributed by atoms with Crippen LogP contribution in [0.3, 0.4) is 0 Å². The van der Waals surface area contributed by atoms with Gasteiger partial charge in [0.2, 0.25) is 0 Å². The normalized spacial score (nSPS) is 10.3. The molecule has 0 aliphatic rings. The van der Waals surface area contributed by atoms with E-state index in [4.69, 9.17) is 27.9 Å². The second-order valence-electron chi connectivity index (χ2n) is 3.82. The van der Waals surface area contributed by atoms with Crippen LogP contribution in [-0.4, -0.2) is 12.6 Å². The number of benzene rings is 1. The molecule has 0 unspecified atom stereocenters. The Morgan fingerprint density at radius 1 is 1.24 bits per heavy atom. The van der Waals surface area contributed by atoms with E-state index in [0.29, 0.717) is 22.2 Å². The van der Waals surface area contributed by atoms with E-state index in [-0.39, 0.29) is 0 Å². The average Bonchev–Trinajstić information content (AvgIpc) is 2.32. The SMILES string of the molecule is CCCCCCOC(=O)c1cc(Cl)ccc1Cl. The van der Waals surface area contributed by atoms with Crippen molar-refractivity contribution in [2.45, 2.75) is 32.6 Å². The smallest absolute Gasteiger partial charge is 0.339 e. The molecule has 0 spiro atoms. The molecule has 1 aromatic carbocycles. The Morgan fingerprint density at radius 3 is 2.71 bits per heavy atom. The molecule has 0 aliphatic carbocycles. The van der Waals surface area contributed by atoms with Crippen molar-refractivity contribution >= 4 is 29.2 Å². The molecule has 0 amide bonds. The maximum atomic E-state index is 11.7. The van der Waals surface area contributed by atoms with Crippen LogP contribution in [0.4, 0.5) is 0 Å². The van der Waals surface area contributed by atoms with Crippen LogP contribution in [-0.2, 0) is 4.74 Å². The maximum Gasteiger partial charge on any atom is 0.339 e. The third kappa shape index (κ3) is 4.97. The van der Waals surface area contributed by atoms with Gasteiger partial charge in [-0.25, -0.2) is 4.79 Å². The number of halogens is 2. The predicted octanol–water partition coefficient (Wildman–Crippen LogP) is 4.73. The molecule has 0 aliphatic heterocycles. The van der Waals surface area contributed by atoms with E-state index in [1.807, 2.05) is 0 Å². The number of rotatable bonds is 6. The number of carbonyl (C=O) groups excluding carboxylic acids is 1. The van der Waals surface area contributed by atoms with E-state index in [2.05, 4.69) is 6.92 Å². The predicted molar refractivity (Wildman–Crippen MR) is 70.9 cm³/mol. The second kappa shape index (κ2) is 7.57. The van der Waals surface area contributed by atoms with Gasteiger partial charge in [0.25, 0.3) is 0 Å². The number of unbranched alkanes of at least 4 members (excludes halogenated alkanes) is 3. The lowest BCUT2D eigenvalue weighted by atomic mass is 10.2. The molecule has 0 atom stereocenters. The van der Waals surface area contributed by atoms with E-state index in [0.717, 1.165) is 25.7 Å². The van der Waals surface area contributed by atoms with Gasteiger partial charge in [-0.1, -0.05) is 49.4 Å². The van der Waals surface area contributed by atoms with Crippen molar-refractivity contribution in [2.24, 2.45) is 0 Å². The number of hydrogen-bond acceptors (Lipinski definition) is 2. The summed E-state index contributed by atoms with van der Waals surface area (Å²) in [6, 6.07) is 4.76. The third-order valence-electron chi connectivity index (χ3n) is 2.38. The molecule has 94 valence electrons. The molecule has 0 saturated heterocycles. The zero-order chi connectivity index (χ0) is 12.7. The largest absolute Gasteiger partial charge is 0.462 e. The highest BCUT2D eigenvalue weighted by molar-refractivity contribution is 6.35. The summed E-state index contributed by atoms with van der Waals surface area (Å²) in [7, 11) is 0. The van der Waals surface area contributed by atoms with Crippen molar-refractivity contribution in [3.8, 4) is 0 Å². The number of hydrogen-bond donors (Lipinski definition) is 0. The molecule has 0 heterocycles. The molecule has 17 heavy (non-hydrogen) atoms. The first kappa shape index (κ1) is 14.3. The van der Waals surface area contributed by atoms with Gasteiger partial charge < -0.3 is 4.74 Å². The number of esters is 1. The zero-order valence-corrected chi connectivity index (χ0v) is 11.4. The summed E-state index contributed by atoms with van der Waals surface area (Å²) in [5.74, 6) is -0.408. The van der Waals surface area contributed by atoms with Gasteiger partial charge in [-0.15, -0.1) is 0 Å². The Morgan fingerprint density at radius 2 is 2.00 bits per heavy atom. The van der Waals surface area contributed by atoms with Gasteiger partial charge in [0.05, 0.1) is 17.2 Å². The van der Waals surface area contributed by atoms with E-state index in [1.165, 1.54) is 6.07 Å². The lowest BCUT2D eigenvalue weighted by molar-refractivity contribution is 0.0498. The second-order valence-corrected chi connectivity index (χ2v) is 4.66. The van der Waals surface area contributed by atoms with Crippen molar-refractivity contribution in [3.63, 3.8) is 0 Å². The Balaban J connectivity index is 2.44. The van der Waals surface area contributed by atoms with E-state index in [9.17, 15) is 4.79 Å². The molecular weight excluding hydrogens is 259 g/mol. The molecule has 0 N–H and O–H groups in total. The van der Waals surface area contributed by atoms with Crippen molar-refractivity contribution in [3.05, 3.63) is 33.8 Å². The Kier molecular flexibility index (Phi) is 6.38. The lowest BCUT2D eigenvalue weighted by Gasteiger charge is -2.06. The van der Waals surface area contributed by atoms with E-state index in [1.54, 1.807) is 12.1 Å². The average molecular weight is 275 g/mol. The quantitative estimate of drug-likeness (QED) is 0.554. The van der Waals surface area contributed by atoms with Crippen LogP contribution in [0.25, 0.3) is 0 Å². The van der Waals surface area contributed by atoms with Crippen LogP contribution in [0.15, 0.2) is 18.2 Å². The van der Waals surface area contributed by atoms with Gasteiger partial charge in [-0.05, 0) is 24.6 Å². The maximum absolute atomic E-state index is 11.7. The zero-order valence-electron chi connectivity index (χ0n) is 9.84. The molecule has 0 saturated carbocycles. The first-order valence-electron chi connectivity index (χ1n) is 5.77. The molecule has 1 rings (SSSR count). The first-order chi connectivity index (χ1) is 8.15. The van der Waals surface area contributed by atoms with Gasteiger partial charge in [0.15, 0.2) is 0 Å². The van der Waals surface area contributed by atoms with Crippen molar-refractivity contribution < 1.29 is 9.53 Å². The van der Waals surface area contributed by atoms with Gasteiger partial charge in [-0.2, -0.15) is 0 Å². The van der Waals surface area contributed by atoms with Crippen molar-refractivity contribution in [1.29, 1.82) is 0 Å². The Labute approximate surface area is 112 Å². The first-order valence-corrected chi connectivity index (χ1v) is 6.53. The van der Waals surface area contributed by atoms with Gasteiger partial charge in [0, 0.05) is 5.02 Å². The highest BCUT2D eigenvalue weighted by atomic mass is 35.5. The third-order valence-corrected chi connectivity index (χ3v) is 2.94. The Bertz CT molecular complexity index is 378. The molecule has 1 aromatic rings. The van der Waals surface area contributed by atoms with Gasteiger partial charge in [0.1, 0.15) is 0 Å². The molecule has 2 nitrogen and oxygen atoms in total. The number of ether oxygens (including phenoxy) is 1. The van der Waals surface area contributed by atoms with E-state index < -0.39 is 5.97 Å². The van der Waals surface area contributed by atoms with Crippen LogP contribution in [0.1, 0.15) is 43.0 Å². The monoisotopic (exact) mass is 274 g/mol. The van der Waals surface area contributed by atoms with Crippen LogP contribution in [0.5, 0.6) is 0 Å². The fourth-order valence-corrected chi connectivity index (χ4v) is 1.79. The minimum atomic E-state index is -0.408.